The molecule has 2 unspecified atom stereocenters. The number of likely N-dealkylation sites (tertiary alicyclic amines) is 1. The van der Waals surface area contributed by atoms with Gasteiger partial charge in [0.25, 0.3) is 0 Å². The first-order chi connectivity index (χ1) is 23.4. The van der Waals surface area contributed by atoms with Gasteiger partial charge in [0.05, 0.1) is 27.4 Å². The molecule has 264 valence electrons. The second-order valence-corrected chi connectivity index (χ2v) is 15.7. The van der Waals surface area contributed by atoms with Gasteiger partial charge in [-0.3, -0.25) is 14.7 Å². The third-order valence-corrected chi connectivity index (χ3v) is 11.2. The first-order valence-corrected chi connectivity index (χ1v) is 18.6. The van der Waals surface area contributed by atoms with Gasteiger partial charge in [-0.25, -0.2) is 13.2 Å². The van der Waals surface area contributed by atoms with Crippen LogP contribution in [-0.2, 0) is 32.6 Å². The number of sulfonamides is 1. The Labute approximate surface area is 290 Å². The zero-order valence-corrected chi connectivity index (χ0v) is 29.8. The smallest absolute Gasteiger partial charge is 0.407 e. The number of aliphatic hydroxyl groups is 1. The van der Waals surface area contributed by atoms with Crippen LogP contribution in [0.25, 0.3) is 11.1 Å². The molecule has 0 spiro atoms. The van der Waals surface area contributed by atoms with Crippen molar-refractivity contribution in [2.75, 3.05) is 45.2 Å². The average Bonchev–Trinajstić information content (AvgIpc) is 3.78. The van der Waals surface area contributed by atoms with Gasteiger partial charge in [-0.1, -0.05) is 44.2 Å². The van der Waals surface area contributed by atoms with Crippen LogP contribution in [0.5, 0.6) is 0 Å². The topological polar surface area (TPSA) is 158 Å². The van der Waals surface area contributed by atoms with E-state index in [-0.39, 0.29) is 60.4 Å². The lowest BCUT2D eigenvalue weighted by atomic mass is 9.96. The third-order valence-electron chi connectivity index (χ3n) is 8.57. The fourth-order valence-corrected chi connectivity index (χ4v) is 8.18. The number of thiazole rings is 1. The molecule has 49 heavy (non-hydrogen) atoms. The highest BCUT2D eigenvalue weighted by Crippen LogP contribution is 2.30. The largest absolute Gasteiger partial charge is 0.444 e. The van der Waals surface area contributed by atoms with Gasteiger partial charge >= 0.3 is 12.1 Å². The number of nitrogens with one attached hydrogen (secondary N) is 1. The van der Waals surface area contributed by atoms with E-state index in [1.165, 1.54) is 32.7 Å². The van der Waals surface area contributed by atoms with Crippen molar-refractivity contribution < 1.29 is 32.3 Å². The Bertz CT molecular complexity index is 1790. The number of hydrogen-bond acceptors (Lipinski definition) is 11. The number of aliphatic hydroxyl groups excluding tert-OH is 1. The maximum absolute atomic E-state index is 14.5. The molecule has 0 aliphatic carbocycles. The number of carbonyl (C=O) groups excluding carboxylic acids is 2. The molecule has 0 bridgehead atoms. The second kappa shape index (κ2) is 16.2. The van der Waals surface area contributed by atoms with Crippen molar-refractivity contribution in [2.24, 2.45) is 11.8 Å². The Morgan fingerprint density at radius 1 is 1.16 bits per heavy atom. The number of nitrogens with zero attached hydrogens (tertiary/aromatic N) is 5. The quantitative estimate of drug-likeness (QED) is 0.195. The summed E-state index contributed by atoms with van der Waals surface area (Å²) in [7, 11) is -0.581. The minimum atomic E-state index is -4.23. The van der Waals surface area contributed by atoms with Crippen LogP contribution in [0.3, 0.4) is 0 Å². The maximum Gasteiger partial charge on any atom is 0.407 e. The summed E-state index contributed by atoms with van der Waals surface area (Å²) in [5.41, 5.74) is 3.08. The van der Waals surface area contributed by atoms with E-state index >= 15 is 0 Å². The van der Waals surface area contributed by atoms with Gasteiger partial charge in [-0.05, 0) is 63.0 Å². The Kier molecular flexibility index (Phi) is 12.0. The van der Waals surface area contributed by atoms with Crippen molar-refractivity contribution >= 4 is 50.5 Å². The number of rotatable bonds is 14. The molecule has 2 aromatic carbocycles. The summed E-state index contributed by atoms with van der Waals surface area (Å²) in [6.07, 6.45) is 1.24. The predicted octanol–water partition coefficient (Wildman–Crippen LogP) is 4.13. The Hall–Kier alpha value is -3.89. The van der Waals surface area contributed by atoms with Crippen molar-refractivity contribution in [3.63, 3.8) is 0 Å². The van der Waals surface area contributed by atoms with Crippen LogP contribution < -0.4 is 10.2 Å². The molecule has 2 aromatic heterocycles. The van der Waals surface area contributed by atoms with E-state index in [1.807, 2.05) is 51.2 Å². The van der Waals surface area contributed by atoms with Crippen molar-refractivity contribution in [3.05, 3.63) is 70.7 Å². The summed E-state index contributed by atoms with van der Waals surface area (Å²) in [5.74, 6) is -0.328. The van der Waals surface area contributed by atoms with E-state index in [0.717, 1.165) is 36.4 Å². The lowest BCUT2D eigenvalue weighted by Gasteiger charge is -2.35. The van der Waals surface area contributed by atoms with Crippen LogP contribution in [0.4, 0.5) is 10.8 Å². The van der Waals surface area contributed by atoms with E-state index in [2.05, 4.69) is 20.2 Å². The number of ether oxygens (including phenoxy) is 1. The highest BCUT2D eigenvalue weighted by Gasteiger charge is 2.37. The standard InChI is InChI=1S/C34H44N6O7S2/c1-23(2)20-40(29(16-24-8-6-5-7-9-24)30(41)19-36-34(43)46-21-26-18-35-22-48-26)49(44,45)27-10-11-28-31(17-27)47-33(37-28)39(4)32(42)25-12-14-38(3)15-13-25/h5-11,17-18,22-23,25,29-30,41H,12-16,19-21H2,1-4H3,(H,36,43). The number of fused-ring (bicyclic) bond motifs is 1. The van der Waals surface area contributed by atoms with Crippen LogP contribution in [0.1, 0.15) is 37.1 Å². The summed E-state index contributed by atoms with van der Waals surface area (Å²) in [4.78, 5) is 38.4. The number of aromatic nitrogens is 2. The molecular formula is C34H44N6O7S2. The lowest BCUT2D eigenvalue weighted by molar-refractivity contribution is -0.123. The summed E-state index contributed by atoms with van der Waals surface area (Å²) >= 11 is 1.35. The van der Waals surface area contributed by atoms with Gasteiger partial charge in [0, 0.05) is 38.3 Å². The number of piperidine rings is 1. The number of amides is 2. The second-order valence-electron chi connectivity index (χ2n) is 12.8. The van der Waals surface area contributed by atoms with Crippen LogP contribution in [0.2, 0.25) is 0 Å². The van der Waals surface area contributed by atoms with Gasteiger partial charge in [0.15, 0.2) is 5.58 Å². The number of carbonyl (C=O) groups is 2. The molecule has 2 atom stereocenters. The molecule has 1 saturated heterocycles. The fraction of sp³-hybridized carbons (Fsp3) is 0.471. The van der Waals surface area contributed by atoms with Crippen LogP contribution in [-0.4, -0.2) is 97.1 Å². The van der Waals surface area contributed by atoms with E-state index in [0.29, 0.717) is 5.52 Å². The predicted molar refractivity (Wildman–Crippen MR) is 187 cm³/mol. The highest BCUT2D eigenvalue weighted by atomic mass is 32.2. The van der Waals surface area contributed by atoms with E-state index < -0.39 is 28.3 Å². The molecule has 1 fully saturated rings. The molecule has 1 aliphatic rings. The van der Waals surface area contributed by atoms with Gasteiger partial charge in [-0.2, -0.15) is 9.29 Å². The van der Waals surface area contributed by atoms with Crippen LogP contribution in [0.15, 0.2) is 69.6 Å². The fourth-order valence-electron chi connectivity index (χ4n) is 5.84. The highest BCUT2D eigenvalue weighted by molar-refractivity contribution is 7.89. The molecule has 2 N–H and O–H groups in total. The Morgan fingerprint density at radius 2 is 1.90 bits per heavy atom. The van der Waals surface area contributed by atoms with E-state index in [9.17, 15) is 23.1 Å². The van der Waals surface area contributed by atoms with Crippen LogP contribution in [0, 0.1) is 11.8 Å². The number of benzene rings is 2. The van der Waals surface area contributed by atoms with Crippen molar-refractivity contribution in [1.82, 2.24) is 24.5 Å². The van der Waals surface area contributed by atoms with Crippen molar-refractivity contribution in [2.45, 2.75) is 56.8 Å². The molecule has 4 aromatic rings. The first kappa shape index (κ1) is 36.4. The van der Waals surface area contributed by atoms with Crippen molar-refractivity contribution in [1.29, 1.82) is 0 Å². The maximum atomic E-state index is 14.5. The Balaban J connectivity index is 1.39. The number of anilines is 1. The zero-order valence-electron chi connectivity index (χ0n) is 28.2. The molecular weight excluding hydrogens is 669 g/mol. The van der Waals surface area contributed by atoms with Crippen molar-refractivity contribution in [3.8, 4) is 0 Å². The zero-order chi connectivity index (χ0) is 35.1. The summed E-state index contributed by atoms with van der Waals surface area (Å²) in [5, 5.41) is 14.1. The number of hydrogen-bond donors (Lipinski definition) is 2. The normalized spacial score (nSPS) is 15.8. The van der Waals surface area contributed by atoms with Gasteiger partial charge in [-0.15, -0.1) is 11.3 Å². The summed E-state index contributed by atoms with van der Waals surface area (Å²) in [6, 6.07) is 12.8. The molecule has 2 amide bonds. The molecule has 0 saturated carbocycles. The van der Waals surface area contributed by atoms with Gasteiger partial charge < -0.3 is 24.5 Å². The molecule has 0 radical (unpaired) electrons. The average molecular weight is 713 g/mol. The molecule has 13 nitrogen and oxygen atoms in total. The minimum absolute atomic E-state index is 0.0296. The van der Waals surface area contributed by atoms with E-state index in [1.54, 1.807) is 24.8 Å². The third kappa shape index (κ3) is 9.22. The SMILES string of the molecule is CC(C)CN(C(Cc1ccccc1)C(O)CNC(=O)OCc1cncs1)S(=O)(=O)c1ccc2nc(N(C)C(=O)C3CCN(C)CC3)oc2c1. The van der Waals surface area contributed by atoms with Gasteiger partial charge in [0.1, 0.15) is 12.1 Å². The minimum Gasteiger partial charge on any atom is -0.444 e. The monoisotopic (exact) mass is 712 g/mol. The first-order valence-electron chi connectivity index (χ1n) is 16.3. The summed E-state index contributed by atoms with van der Waals surface area (Å²) in [6.45, 7) is 5.34. The lowest BCUT2D eigenvalue weighted by Crippen LogP contribution is -2.52. The van der Waals surface area contributed by atoms with Crippen LogP contribution >= 0.6 is 11.3 Å². The van der Waals surface area contributed by atoms with E-state index in [4.69, 9.17) is 9.15 Å². The number of alkyl carbamates (subject to hydrolysis) is 1. The number of oxazole rings is 1. The van der Waals surface area contributed by atoms with Gasteiger partial charge in [0.2, 0.25) is 15.9 Å². The molecule has 15 heteroatoms. The molecule has 5 rings (SSSR count). The molecule has 1 aliphatic heterocycles. The Morgan fingerprint density at radius 3 is 2.57 bits per heavy atom. The summed E-state index contributed by atoms with van der Waals surface area (Å²) < 4.78 is 41.4. The molecule has 3 heterocycles.